The number of nitrogens with zero attached hydrogens (tertiary/aromatic N) is 5. The normalized spacial score (nSPS) is 11.9. The SMILES string of the molecule is c1ccc(-c2nc3ccc4c5cc(-c6ccc7c(c6)c6ccccc6n7-c6nc(-c7ccccc7)c7ccccc7n6)ccc5n(-c5ccccc5)c4c3o2)cc1. The van der Waals surface area contributed by atoms with Crippen LogP contribution in [-0.2, 0) is 0 Å². The Morgan fingerprint density at radius 1 is 0.368 bits per heavy atom. The molecule has 6 nitrogen and oxygen atoms in total. The fourth-order valence-corrected chi connectivity index (χ4v) is 8.56. The number of rotatable bonds is 5. The minimum Gasteiger partial charge on any atom is -0.434 e. The zero-order valence-electron chi connectivity index (χ0n) is 30.5. The third kappa shape index (κ3) is 4.87. The maximum Gasteiger partial charge on any atom is 0.235 e. The lowest BCUT2D eigenvalue weighted by Crippen LogP contribution is -2.03. The van der Waals surface area contributed by atoms with E-state index in [1.807, 2.05) is 48.5 Å². The number of hydrogen-bond acceptors (Lipinski definition) is 4. The summed E-state index contributed by atoms with van der Waals surface area (Å²) in [7, 11) is 0. The quantitative estimate of drug-likeness (QED) is 0.177. The summed E-state index contributed by atoms with van der Waals surface area (Å²) in [6, 6.07) is 65.5. The Morgan fingerprint density at radius 3 is 1.72 bits per heavy atom. The molecule has 0 atom stereocenters. The fraction of sp³-hybridized carbons (Fsp3) is 0. The molecule has 0 fully saturated rings. The first-order valence-corrected chi connectivity index (χ1v) is 19.1. The number of fused-ring (bicyclic) bond motifs is 9. The van der Waals surface area contributed by atoms with E-state index < -0.39 is 0 Å². The second kappa shape index (κ2) is 12.3. The van der Waals surface area contributed by atoms with Crippen LogP contribution in [0.4, 0.5) is 0 Å². The first-order valence-electron chi connectivity index (χ1n) is 19.1. The van der Waals surface area contributed by atoms with Gasteiger partial charge in [0.15, 0.2) is 5.58 Å². The van der Waals surface area contributed by atoms with E-state index in [2.05, 4.69) is 149 Å². The summed E-state index contributed by atoms with van der Waals surface area (Å²) in [5.74, 6) is 1.26. The molecule has 0 bridgehead atoms. The standard InChI is InChI=1S/C51H31N5O/c1-4-14-32(15-5-1)47-39-21-10-12-22-42(39)53-51(54-47)56-44-23-13-11-20-37(44)40-30-34(25-29-46(40)56)35-24-28-45-41(31-35)38-26-27-43-49(48(38)55(45)36-18-8-3-9-19-36)57-50(52-43)33-16-6-2-7-17-33/h1-31H. The minimum atomic E-state index is 0.613. The van der Waals surface area contributed by atoms with Gasteiger partial charge in [-0.1, -0.05) is 115 Å². The molecule has 57 heavy (non-hydrogen) atoms. The van der Waals surface area contributed by atoms with Gasteiger partial charge in [0.2, 0.25) is 11.8 Å². The van der Waals surface area contributed by atoms with Gasteiger partial charge in [-0.05, 0) is 83.9 Å². The molecule has 0 aliphatic carbocycles. The van der Waals surface area contributed by atoms with E-state index in [4.69, 9.17) is 19.4 Å². The fourth-order valence-electron chi connectivity index (χ4n) is 8.56. The Balaban J connectivity index is 1.06. The van der Waals surface area contributed by atoms with Crippen LogP contribution in [0, 0.1) is 0 Å². The Labute approximate surface area is 326 Å². The first kappa shape index (κ1) is 31.5. The number of para-hydroxylation sites is 3. The number of oxazole rings is 1. The Kier molecular flexibility index (Phi) is 6.83. The van der Waals surface area contributed by atoms with E-state index in [0.29, 0.717) is 11.8 Å². The molecule has 8 aromatic carbocycles. The lowest BCUT2D eigenvalue weighted by molar-refractivity contribution is 0.622. The second-order valence-electron chi connectivity index (χ2n) is 14.4. The van der Waals surface area contributed by atoms with Gasteiger partial charge in [0.05, 0.1) is 33.3 Å². The van der Waals surface area contributed by atoms with Crippen LogP contribution in [0.15, 0.2) is 192 Å². The van der Waals surface area contributed by atoms with E-state index in [1.54, 1.807) is 0 Å². The summed E-state index contributed by atoms with van der Waals surface area (Å²) in [5, 5.41) is 5.58. The van der Waals surface area contributed by atoms with Crippen molar-refractivity contribution in [3.05, 3.63) is 188 Å². The van der Waals surface area contributed by atoms with Gasteiger partial charge >= 0.3 is 0 Å². The predicted octanol–water partition coefficient (Wildman–Crippen LogP) is 13.0. The molecule has 12 rings (SSSR count). The van der Waals surface area contributed by atoms with Crippen molar-refractivity contribution in [2.75, 3.05) is 0 Å². The molecule has 0 radical (unpaired) electrons. The summed E-state index contributed by atoms with van der Waals surface area (Å²) in [6.07, 6.45) is 0. The van der Waals surface area contributed by atoms with E-state index in [1.165, 1.54) is 0 Å². The zero-order chi connectivity index (χ0) is 37.5. The Bertz CT molecular complexity index is 3510. The second-order valence-corrected chi connectivity index (χ2v) is 14.4. The van der Waals surface area contributed by atoms with Crippen molar-refractivity contribution >= 4 is 65.6 Å². The highest BCUT2D eigenvalue weighted by molar-refractivity contribution is 6.18. The third-order valence-corrected chi connectivity index (χ3v) is 11.2. The molecule has 4 heterocycles. The predicted molar refractivity (Wildman–Crippen MR) is 232 cm³/mol. The van der Waals surface area contributed by atoms with Gasteiger partial charge in [0.1, 0.15) is 5.52 Å². The average molecular weight is 730 g/mol. The molecular formula is C51H31N5O. The number of aromatic nitrogens is 5. The molecule has 0 saturated heterocycles. The Hall–Kier alpha value is -7.83. The topological polar surface area (TPSA) is 61.7 Å². The van der Waals surface area contributed by atoms with Crippen molar-refractivity contribution in [2.45, 2.75) is 0 Å². The summed E-state index contributed by atoms with van der Waals surface area (Å²) < 4.78 is 11.1. The zero-order valence-corrected chi connectivity index (χ0v) is 30.5. The van der Waals surface area contributed by atoms with Gasteiger partial charge in [-0.15, -0.1) is 0 Å². The smallest absolute Gasteiger partial charge is 0.235 e. The van der Waals surface area contributed by atoms with Crippen LogP contribution >= 0.6 is 0 Å². The van der Waals surface area contributed by atoms with E-state index in [-0.39, 0.29) is 0 Å². The molecule has 0 unspecified atom stereocenters. The van der Waals surface area contributed by atoms with Gasteiger partial charge in [0.25, 0.3) is 0 Å². The summed E-state index contributed by atoms with van der Waals surface area (Å²) in [4.78, 5) is 15.3. The van der Waals surface area contributed by atoms with Gasteiger partial charge < -0.3 is 8.98 Å². The van der Waals surface area contributed by atoms with Crippen LogP contribution in [0.25, 0.3) is 111 Å². The molecule has 0 saturated carbocycles. The van der Waals surface area contributed by atoms with Gasteiger partial charge in [-0.25, -0.2) is 15.0 Å². The molecule has 0 N–H and O–H groups in total. The molecule has 0 spiro atoms. The van der Waals surface area contributed by atoms with E-state index in [9.17, 15) is 0 Å². The molecule has 0 aliphatic rings. The Morgan fingerprint density at radius 2 is 0.965 bits per heavy atom. The van der Waals surface area contributed by atoms with Crippen LogP contribution in [-0.4, -0.2) is 24.1 Å². The summed E-state index contributed by atoms with van der Waals surface area (Å²) in [6.45, 7) is 0. The largest absolute Gasteiger partial charge is 0.434 e. The van der Waals surface area contributed by atoms with Crippen molar-refractivity contribution in [1.29, 1.82) is 0 Å². The van der Waals surface area contributed by atoms with Gasteiger partial charge in [-0.2, -0.15) is 0 Å². The molecule has 6 heteroatoms. The maximum atomic E-state index is 6.61. The first-order chi connectivity index (χ1) is 28.3. The third-order valence-electron chi connectivity index (χ3n) is 11.2. The molecule has 4 aromatic heterocycles. The van der Waals surface area contributed by atoms with Crippen LogP contribution < -0.4 is 0 Å². The van der Waals surface area contributed by atoms with Crippen molar-refractivity contribution in [2.24, 2.45) is 0 Å². The van der Waals surface area contributed by atoms with Crippen LogP contribution in [0.3, 0.4) is 0 Å². The molecule has 12 aromatic rings. The molecule has 0 amide bonds. The van der Waals surface area contributed by atoms with Crippen LogP contribution in [0.2, 0.25) is 0 Å². The van der Waals surface area contributed by atoms with E-state index in [0.717, 1.165) is 99.2 Å². The maximum absolute atomic E-state index is 6.61. The molecule has 0 aliphatic heterocycles. The van der Waals surface area contributed by atoms with Crippen molar-refractivity contribution < 1.29 is 4.42 Å². The van der Waals surface area contributed by atoms with Gasteiger partial charge in [-0.3, -0.25) is 4.57 Å². The number of hydrogen-bond donors (Lipinski definition) is 0. The highest BCUT2D eigenvalue weighted by Crippen LogP contribution is 2.41. The van der Waals surface area contributed by atoms with E-state index >= 15 is 0 Å². The molecule has 266 valence electrons. The lowest BCUT2D eigenvalue weighted by atomic mass is 10.0. The van der Waals surface area contributed by atoms with Crippen LogP contribution in [0.5, 0.6) is 0 Å². The van der Waals surface area contributed by atoms with Gasteiger partial charge in [0, 0.05) is 43.7 Å². The van der Waals surface area contributed by atoms with Crippen LogP contribution in [0.1, 0.15) is 0 Å². The van der Waals surface area contributed by atoms with Crippen molar-refractivity contribution in [1.82, 2.24) is 24.1 Å². The average Bonchev–Trinajstić information content (AvgIpc) is 3.97. The summed E-state index contributed by atoms with van der Waals surface area (Å²) >= 11 is 0. The minimum absolute atomic E-state index is 0.613. The van der Waals surface area contributed by atoms with Crippen molar-refractivity contribution in [3.8, 4) is 45.5 Å². The highest BCUT2D eigenvalue weighted by atomic mass is 16.3. The highest BCUT2D eigenvalue weighted by Gasteiger charge is 2.21. The van der Waals surface area contributed by atoms with Crippen molar-refractivity contribution in [3.63, 3.8) is 0 Å². The monoisotopic (exact) mass is 729 g/mol. The molecular weight excluding hydrogens is 699 g/mol. The lowest BCUT2D eigenvalue weighted by Gasteiger charge is -2.12. The summed E-state index contributed by atoms with van der Waals surface area (Å²) in [5.41, 5.74) is 13.0. The number of benzene rings is 8.